The van der Waals surface area contributed by atoms with Gasteiger partial charge in [-0.25, -0.2) is 4.98 Å². The minimum Gasteiger partial charge on any atom is -0.375 e. The van der Waals surface area contributed by atoms with Crippen molar-refractivity contribution in [3.8, 4) is 0 Å². The molecule has 1 aromatic carbocycles. The predicted octanol–water partition coefficient (Wildman–Crippen LogP) is 3.68. The predicted molar refractivity (Wildman–Crippen MR) is 119 cm³/mol. The lowest BCUT2D eigenvalue weighted by molar-refractivity contribution is 0.0511. The molecule has 1 saturated heterocycles. The molecule has 0 aliphatic carbocycles. The molecule has 1 fully saturated rings. The number of amides is 1. The molecule has 0 spiro atoms. The third kappa shape index (κ3) is 5.11. The van der Waals surface area contributed by atoms with Crippen LogP contribution >= 0.6 is 0 Å². The molecule has 1 unspecified atom stereocenters. The Morgan fingerprint density at radius 2 is 2.10 bits per heavy atom. The smallest absolute Gasteiger partial charge is 0.259 e. The van der Waals surface area contributed by atoms with Crippen LogP contribution in [0.2, 0.25) is 0 Å². The highest BCUT2D eigenvalue weighted by molar-refractivity contribution is 6.06. The molecule has 0 bridgehead atoms. The molecule has 4 rings (SSSR count). The second-order valence-electron chi connectivity index (χ2n) is 8.47. The fourth-order valence-corrected chi connectivity index (χ4v) is 3.97. The average Bonchev–Trinajstić information content (AvgIpc) is 3.00. The summed E-state index contributed by atoms with van der Waals surface area (Å²) in [5.41, 5.74) is 3.74. The van der Waals surface area contributed by atoms with Crippen molar-refractivity contribution in [1.29, 1.82) is 0 Å². The van der Waals surface area contributed by atoms with Crippen molar-refractivity contribution in [3.05, 3.63) is 58.9 Å². The molecule has 0 saturated carbocycles. The molecule has 1 amide bonds. The number of carbonyl (C=O) groups excluding carboxylic acids is 1. The Bertz CT molecular complexity index is 1030. The maximum absolute atomic E-state index is 13.1. The van der Waals surface area contributed by atoms with E-state index in [0.717, 1.165) is 31.7 Å². The monoisotopic (exact) mass is 422 g/mol. The van der Waals surface area contributed by atoms with Gasteiger partial charge in [0.15, 0.2) is 0 Å². The molecule has 0 radical (unpaired) electrons. The zero-order valence-corrected chi connectivity index (χ0v) is 18.4. The van der Waals surface area contributed by atoms with E-state index in [9.17, 15) is 4.79 Å². The summed E-state index contributed by atoms with van der Waals surface area (Å²) in [5.74, 6) is 0.0288. The van der Waals surface area contributed by atoms with Crippen LogP contribution in [0.3, 0.4) is 0 Å². The second kappa shape index (κ2) is 9.58. The number of nitrogens with zero attached hydrogens (tertiary/aromatic N) is 3. The summed E-state index contributed by atoms with van der Waals surface area (Å²) in [6.07, 6.45) is 0.931. The number of hydrogen-bond donors (Lipinski definition) is 1. The quantitative estimate of drug-likeness (QED) is 0.653. The normalized spacial score (nSPS) is 17.7. The second-order valence-corrected chi connectivity index (χ2v) is 8.47. The van der Waals surface area contributed by atoms with Gasteiger partial charge in [0.1, 0.15) is 0 Å². The number of benzene rings is 1. The van der Waals surface area contributed by atoms with Crippen LogP contribution in [0.1, 0.15) is 53.5 Å². The number of aromatic nitrogens is 2. The maximum Gasteiger partial charge on any atom is 0.259 e. The first-order valence-electron chi connectivity index (χ1n) is 10.9. The minimum absolute atomic E-state index is 0.0550. The van der Waals surface area contributed by atoms with Crippen LogP contribution in [0.5, 0.6) is 0 Å². The molecule has 1 atom stereocenters. The van der Waals surface area contributed by atoms with Gasteiger partial charge in [0.05, 0.1) is 22.7 Å². The van der Waals surface area contributed by atoms with Crippen LogP contribution in [0.25, 0.3) is 11.1 Å². The Kier molecular flexibility index (Phi) is 6.63. The van der Waals surface area contributed by atoms with Gasteiger partial charge in [-0.2, -0.15) is 0 Å². The molecule has 3 aromatic rings. The van der Waals surface area contributed by atoms with Gasteiger partial charge in [0.25, 0.3) is 11.6 Å². The fraction of sp³-hybridized carbons (Fsp3) is 0.458. The molecular weight excluding hydrogens is 392 g/mol. The molecule has 7 heteroatoms. The highest BCUT2D eigenvalue weighted by Gasteiger charge is 2.23. The Labute approximate surface area is 182 Å². The van der Waals surface area contributed by atoms with Crippen LogP contribution in [-0.2, 0) is 11.3 Å². The van der Waals surface area contributed by atoms with Crippen molar-refractivity contribution < 1.29 is 14.1 Å². The standard InChI is InChI=1S/C24H30N4O3/c1-16(2)21-12-20(22-17(3)27-31-24(22)26-21)23(29)25-13-19-15-28(10-7-11-30-19)14-18-8-5-4-6-9-18/h4-6,8-9,12,16,19H,7,10-11,13-15H2,1-3H3,(H,25,29). The molecule has 7 nitrogen and oxygen atoms in total. The van der Waals surface area contributed by atoms with E-state index < -0.39 is 0 Å². The zero-order chi connectivity index (χ0) is 21.8. The van der Waals surface area contributed by atoms with Crippen molar-refractivity contribution in [2.75, 3.05) is 26.2 Å². The summed E-state index contributed by atoms with van der Waals surface area (Å²) in [7, 11) is 0. The topological polar surface area (TPSA) is 80.5 Å². The third-order valence-corrected chi connectivity index (χ3v) is 5.65. The van der Waals surface area contributed by atoms with Crippen LogP contribution in [0, 0.1) is 6.92 Å². The summed E-state index contributed by atoms with van der Waals surface area (Å²) >= 11 is 0. The first-order valence-corrected chi connectivity index (χ1v) is 10.9. The lowest BCUT2D eigenvalue weighted by Crippen LogP contribution is -2.40. The average molecular weight is 423 g/mol. The van der Waals surface area contributed by atoms with E-state index in [1.54, 1.807) is 0 Å². The minimum atomic E-state index is -0.150. The van der Waals surface area contributed by atoms with Crippen molar-refractivity contribution in [2.45, 2.75) is 45.8 Å². The van der Waals surface area contributed by atoms with Gasteiger partial charge in [-0.3, -0.25) is 9.69 Å². The number of fused-ring (bicyclic) bond motifs is 1. The van der Waals surface area contributed by atoms with E-state index in [2.05, 4.69) is 44.6 Å². The fourth-order valence-electron chi connectivity index (χ4n) is 3.97. The summed E-state index contributed by atoms with van der Waals surface area (Å²) in [5, 5.41) is 7.75. The third-order valence-electron chi connectivity index (χ3n) is 5.65. The SMILES string of the molecule is Cc1noc2nc(C(C)C)cc(C(=O)NCC3CN(Cc4ccccc4)CCCO3)c12. The van der Waals surface area contributed by atoms with Gasteiger partial charge in [-0.05, 0) is 30.9 Å². The summed E-state index contributed by atoms with van der Waals surface area (Å²) in [6, 6.07) is 12.3. The van der Waals surface area contributed by atoms with E-state index in [1.165, 1.54) is 5.56 Å². The Morgan fingerprint density at radius 1 is 1.29 bits per heavy atom. The van der Waals surface area contributed by atoms with Gasteiger partial charge >= 0.3 is 0 Å². The van der Waals surface area contributed by atoms with Crippen molar-refractivity contribution in [1.82, 2.24) is 20.4 Å². The molecule has 1 N–H and O–H groups in total. The van der Waals surface area contributed by atoms with Crippen molar-refractivity contribution in [2.24, 2.45) is 0 Å². The van der Waals surface area contributed by atoms with E-state index in [0.29, 0.717) is 35.5 Å². The van der Waals surface area contributed by atoms with Crippen LogP contribution in [-0.4, -0.2) is 53.3 Å². The molecule has 1 aliphatic heterocycles. The number of hydrogen-bond acceptors (Lipinski definition) is 6. The molecule has 164 valence electrons. The first-order chi connectivity index (χ1) is 15.0. The van der Waals surface area contributed by atoms with Gasteiger partial charge < -0.3 is 14.6 Å². The van der Waals surface area contributed by atoms with Crippen molar-refractivity contribution >= 4 is 17.0 Å². The maximum atomic E-state index is 13.1. The molecule has 2 aromatic heterocycles. The number of aryl methyl sites for hydroxylation is 1. The van der Waals surface area contributed by atoms with Crippen molar-refractivity contribution in [3.63, 3.8) is 0 Å². The first kappa shape index (κ1) is 21.5. The number of carbonyl (C=O) groups is 1. The number of rotatable bonds is 6. The number of ether oxygens (including phenoxy) is 1. The summed E-state index contributed by atoms with van der Waals surface area (Å²) in [6.45, 7) is 9.72. The highest BCUT2D eigenvalue weighted by Crippen LogP contribution is 2.25. The number of pyridine rings is 1. The molecule has 31 heavy (non-hydrogen) atoms. The van der Waals surface area contributed by atoms with Gasteiger partial charge in [0, 0.05) is 38.5 Å². The Morgan fingerprint density at radius 3 is 2.87 bits per heavy atom. The summed E-state index contributed by atoms with van der Waals surface area (Å²) < 4.78 is 11.4. The molecule has 3 heterocycles. The Hall–Kier alpha value is -2.77. The lowest BCUT2D eigenvalue weighted by atomic mass is 10.0. The molecular formula is C24H30N4O3. The van der Waals surface area contributed by atoms with E-state index in [1.807, 2.05) is 32.9 Å². The lowest BCUT2D eigenvalue weighted by Gasteiger charge is -2.24. The van der Waals surface area contributed by atoms with E-state index >= 15 is 0 Å². The van der Waals surface area contributed by atoms with Gasteiger partial charge in [-0.15, -0.1) is 0 Å². The van der Waals surface area contributed by atoms with Crippen LogP contribution in [0.15, 0.2) is 40.9 Å². The van der Waals surface area contributed by atoms with Gasteiger partial charge in [0.2, 0.25) is 0 Å². The Balaban J connectivity index is 1.45. The number of nitrogens with one attached hydrogen (secondary N) is 1. The van der Waals surface area contributed by atoms with Crippen LogP contribution < -0.4 is 5.32 Å². The molecule has 1 aliphatic rings. The highest BCUT2D eigenvalue weighted by atomic mass is 16.5. The van der Waals surface area contributed by atoms with E-state index in [4.69, 9.17) is 9.26 Å². The summed E-state index contributed by atoms with van der Waals surface area (Å²) in [4.78, 5) is 20.0. The van der Waals surface area contributed by atoms with Gasteiger partial charge in [-0.1, -0.05) is 49.3 Å². The van der Waals surface area contributed by atoms with Crippen LogP contribution in [0.4, 0.5) is 0 Å². The largest absolute Gasteiger partial charge is 0.375 e. The zero-order valence-electron chi connectivity index (χ0n) is 18.4. The van der Waals surface area contributed by atoms with E-state index in [-0.39, 0.29) is 17.9 Å².